The summed E-state index contributed by atoms with van der Waals surface area (Å²) in [6.07, 6.45) is 4.92. The van der Waals surface area contributed by atoms with Crippen molar-refractivity contribution in [3.8, 4) is 33.4 Å². The van der Waals surface area contributed by atoms with E-state index in [1.165, 1.54) is 103 Å². The van der Waals surface area contributed by atoms with Crippen LogP contribution in [0.3, 0.4) is 0 Å². The fraction of sp³-hybridized carbons (Fsp3) is 0.231. The van der Waals surface area contributed by atoms with Gasteiger partial charge in [-0.2, -0.15) is 0 Å². The third-order valence-corrected chi connectivity index (χ3v) is 36.6. The van der Waals surface area contributed by atoms with Crippen molar-refractivity contribution in [2.45, 2.75) is 74.5 Å². The van der Waals surface area contributed by atoms with E-state index in [1.807, 2.05) is 0 Å². The molecule has 0 radical (unpaired) electrons. The van der Waals surface area contributed by atoms with Gasteiger partial charge in [0, 0.05) is 0 Å². The van der Waals surface area contributed by atoms with Crippen LogP contribution < -0.4 is 13.6 Å². The van der Waals surface area contributed by atoms with Crippen LogP contribution in [0.4, 0.5) is 0 Å². The number of allylic oxidation sites excluding steroid dienone is 2. The van der Waals surface area contributed by atoms with E-state index in [-0.39, 0.29) is 7.25 Å². The van der Waals surface area contributed by atoms with Gasteiger partial charge >= 0.3 is 348 Å². The summed E-state index contributed by atoms with van der Waals surface area (Å²) in [6, 6.07) is 43.4. The number of halogens is 2. The molecule has 0 aromatic heterocycles. The monoisotopic (exact) mass is 863 g/mol. The maximum absolute atomic E-state index is 9.16. The molecule has 0 spiro atoms. The predicted octanol–water partition coefficient (Wildman–Crippen LogP) is 12.9. The molecule has 1 heterocycles. The molecule has 2 atom stereocenters. The van der Waals surface area contributed by atoms with Crippen LogP contribution in [0.5, 0.6) is 0 Å². The Morgan fingerprint density at radius 2 is 0.946 bits per heavy atom. The van der Waals surface area contributed by atoms with Gasteiger partial charge in [0.1, 0.15) is 0 Å². The molecule has 2 unspecified atom stereocenters. The van der Waals surface area contributed by atoms with Gasteiger partial charge in [0.05, 0.1) is 0 Å². The summed E-state index contributed by atoms with van der Waals surface area (Å²) in [5, 5.41) is 2.95. The number of hydrogen-bond acceptors (Lipinski definition) is 0. The fourth-order valence-electron chi connectivity index (χ4n) is 11.1. The summed E-state index contributed by atoms with van der Waals surface area (Å²) in [7, 11) is 17.5. The molecular weight excluding hydrogens is 815 g/mol. The summed E-state index contributed by atoms with van der Waals surface area (Å²) in [5.41, 5.74) is 21.1. The topological polar surface area (TPSA) is 0 Å². The normalized spacial score (nSPS) is 18.0. The third-order valence-electron chi connectivity index (χ3n) is 13.4. The molecule has 2 aliphatic carbocycles. The molecule has 0 saturated heterocycles. The Kier molecular flexibility index (Phi) is 9.37. The van der Waals surface area contributed by atoms with Gasteiger partial charge in [-0.3, -0.25) is 0 Å². The minimum absolute atomic E-state index is 0.100. The second-order valence-corrected chi connectivity index (χ2v) is 39.9. The van der Waals surface area contributed by atoms with Crippen molar-refractivity contribution in [1.82, 2.24) is 0 Å². The fourth-order valence-corrected chi connectivity index (χ4v) is 39.9. The molecule has 6 aromatic carbocycles. The molecular formula is C52H51Cl2SiZr. The molecule has 56 heavy (non-hydrogen) atoms. The van der Waals surface area contributed by atoms with Crippen molar-refractivity contribution in [3.63, 3.8) is 0 Å². The summed E-state index contributed by atoms with van der Waals surface area (Å²) in [5.74, 6) is 0.795. The predicted molar refractivity (Wildman–Crippen MR) is 245 cm³/mol. The van der Waals surface area contributed by atoms with E-state index in [9.17, 15) is 0 Å². The van der Waals surface area contributed by atoms with Crippen LogP contribution >= 0.6 is 17.0 Å². The summed E-state index contributed by atoms with van der Waals surface area (Å²) < 4.78 is 1.08. The first-order valence-electron chi connectivity index (χ1n) is 20.4. The molecule has 1 aliphatic heterocycles. The first kappa shape index (κ1) is 38.0. The average Bonchev–Trinajstić information content (AvgIpc) is 3.85. The van der Waals surface area contributed by atoms with Gasteiger partial charge in [0.25, 0.3) is 0 Å². The SMILES string of the molecule is CC1=Cc2c(ccc(C)c2-c2ccccc2C(C)C)[CH]1[Zr]([Cl])([Cl])([c]1cccc2c1[SiH2]c1ccccc1-2)[CH]1C(C)=Cc2c1ccc(C)c2-c1ccccc1C(C)C. The van der Waals surface area contributed by atoms with E-state index in [1.54, 1.807) is 0 Å². The van der Waals surface area contributed by atoms with Crippen molar-refractivity contribution in [2.24, 2.45) is 0 Å². The number of benzene rings is 6. The molecule has 3 aliphatic rings. The van der Waals surface area contributed by atoms with Crippen molar-refractivity contribution >= 4 is 52.3 Å². The van der Waals surface area contributed by atoms with Crippen LogP contribution in [0.25, 0.3) is 45.5 Å². The van der Waals surface area contributed by atoms with E-state index in [0.717, 1.165) is 0 Å². The van der Waals surface area contributed by atoms with Crippen molar-refractivity contribution in [2.75, 3.05) is 0 Å². The summed E-state index contributed by atoms with van der Waals surface area (Å²) >= 11 is -5.53. The molecule has 281 valence electrons. The quantitative estimate of drug-likeness (QED) is 0.140. The number of hydrogen-bond donors (Lipinski definition) is 0. The van der Waals surface area contributed by atoms with Crippen LogP contribution in [0.15, 0.2) is 126 Å². The van der Waals surface area contributed by atoms with Crippen LogP contribution in [0.1, 0.15) is 105 Å². The number of fused-ring (bicyclic) bond motifs is 5. The zero-order valence-corrected chi connectivity index (χ0v) is 39.3. The van der Waals surface area contributed by atoms with E-state index in [2.05, 4.69) is 183 Å². The number of rotatable bonds is 7. The molecule has 0 saturated carbocycles. The first-order valence-corrected chi connectivity index (χ1v) is 32.2. The van der Waals surface area contributed by atoms with E-state index in [0.29, 0.717) is 11.8 Å². The second kappa shape index (κ2) is 13.8. The van der Waals surface area contributed by atoms with Gasteiger partial charge < -0.3 is 0 Å². The molecule has 0 fully saturated rings. The van der Waals surface area contributed by atoms with Crippen LogP contribution in [-0.4, -0.2) is 9.52 Å². The Labute approximate surface area is 344 Å². The van der Waals surface area contributed by atoms with E-state index < -0.39 is 25.9 Å². The Morgan fingerprint density at radius 3 is 1.45 bits per heavy atom. The van der Waals surface area contributed by atoms with Gasteiger partial charge in [-0.25, -0.2) is 0 Å². The first-order chi connectivity index (χ1) is 26.8. The average molecular weight is 866 g/mol. The van der Waals surface area contributed by atoms with Gasteiger partial charge in [0.15, 0.2) is 0 Å². The number of aryl methyl sites for hydroxylation is 2. The molecule has 4 heteroatoms. The molecule has 0 N–H and O–H groups in total. The molecule has 0 nitrogen and oxygen atoms in total. The molecule has 9 rings (SSSR count). The zero-order valence-electron chi connectivity index (χ0n) is 33.9. The van der Waals surface area contributed by atoms with Crippen molar-refractivity contribution in [3.05, 3.63) is 171 Å². The molecule has 0 amide bonds. The third kappa shape index (κ3) is 5.53. The summed E-state index contributed by atoms with van der Waals surface area (Å²) in [6.45, 7) is 18.4. The Morgan fingerprint density at radius 1 is 0.500 bits per heavy atom. The maximum atomic E-state index is 9.16. The van der Waals surface area contributed by atoms with Crippen LogP contribution in [0, 0.1) is 13.8 Å². The zero-order chi connectivity index (χ0) is 39.3. The van der Waals surface area contributed by atoms with Gasteiger partial charge in [-0.1, -0.05) is 0 Å². The van der Waals surface area contributed by atoms with Crippen molar-refractivity contribution < 1.29 is 16.4 Å². The molecule has 6 aromatic rings. The Bertz CT molecular complexity index is 2540. The Hall–Kier alpha value is -3.52. The van der Waals surface area contributed by atoms with Gasteiger partial charge in [0.2, 0.25) is 0 Å². The minimum atomic E-state index is -5.53. The van der Waals surface area contributed by atoms with Crippen LogP contribution in [0.2, 0.25) is 0 Å². The molecule has 0 bridgehead atoms. The van der Waals surface area contributed by atoms with E-state index >= 15 is 0 Å². The standard InChI is InChI=1S/2C20H21.C12H9Si.2ClH.Zr/c2*1-13(2)17-7-5-6-8-18(17)20-15(4)9-10-16-11-14(3)12-19(16)20;1-3-7-11-9(5-1)10-6-2-4-8-12(10)13-11;;;/h2*5-13H,1-4H3;1-7H,13H2;2*1H;/q;;;;;+2/p-2. The van der Waals surface area contributed by atoms with Crippen molar-refractivity contribution in [1.29, 1.82) is 0 Å². The Balaban J connectivity index is 1.35. The van der Waals surface area contributed by atoms with E-state index in [4.69, 9.17) is 17.0 Å². The van der Waals surface area contributed by atoms with Crippen LogP contribution in [-0.2, 0) is 16.4 Å². The second-order valence-electron chi connectivity index (χ2n) is 17.5. The summed E-state index contributed by atoms with van der Waals surface area (Å²) in [4.78, 5) is 0. The van der Waals surface area contributed by atoms with Gasteiger partial charge in [-0.05, 0) is 0 Å². The van der Waals surface area contributed by atoms with Gasteiger partial charge in [-0.15, -0.1) is 0 Å².